The number of unbranched alkanes of at least 4 members (excludes halogenated alkanes) is 1. The molecule has 126 valence electrons. The molecule has 1 heterocycles. The van der Waals surface area contributed by atoms with Crippen LogP contribution in [0.4, 0.5) is 0 Å². The summed E-state index contributed by atoms with van der Waals surface area (Å²) in [5.41, 5.74) is 0.780. The number of hydrogen-bond donors (Lipinski definition) is 0. The van der Waals surface area contributed by atoms with Crippen molar-refractivity contribution in [2.45, 2.75) is 66.3 Å². The van der Waals surface area contributed by atoms with Crippen molar-refractivity contribution in [1.82, 2.24) is 9.80 Å². The van der Waals surface area contributed by atoms with Gasteiger partial charge in [0.25, 0.3) is 0 Å². The van der Waals surface area contributed by atoms with Gasteiger partial charge in [0, 0.05) is 44.9 Å². The molecule has 0 saturated carbocycles. The zero-order valence-electron chi connectivity index (χ0n) is 15.4. The van der Waals surface area contributed by atoms with Gasteiger partial charge >= 0.3 is 0 Å². The van der Waals surface area contributed by atoms with Crippen LogP contribution in [0.25, 0.3) is 0 Å². The molecule has 0 atom stereocenters. The maximum absolute atomic E-state index is 5.79. The standard InChI is InChI=1S/C18H38N2O/c1-17(2,3)9-7-8-15-21-16-14-19-10-12-20(13-11-19)18(4,5)6/h7-16H2,1-6H3. The van der Waals surface area contributed by atoms with Gasteiger partial charge in [-0.2, -0.15) is 0 Å². The first-order chi connectivity index (χ1) is 9.68. The van der Waals surface area contributed by atoms with Crippen LogP contribution < -0.4 is 0 Å². The van der Waals surface area contributed by atoms with Crippen molar-refractivity contribution < 1.29 is 4.74 Å². The van der Waals surface area contributed by atoms with E-state index in [0.717, 1.165) is 19.8 Å². The summed E-state index contributed by atoms with van der Waals surface area (Å²) in [6.45, 7) is 21.5. The Balaban J connectivity index is 1.98. The maximum Gasteiger partial charge on any atom is 0.0593 e. The normalized spacial score (nSPS) is 19.1. The van der Waals surface area contributed by atoms with E-state index in [1.807, 2.05) is 0 Å². The molecule has 1 fully saturated rings. The van der Waals surface area contributed by atoms with Crippen LogP contribution in [0.3, 0.4) is 0 Å². The van der Waals surface area contributed by atoms with E-state index in [4.69, 9.17) is 4.74 Å². The third-order valence-electron chi connectivity index (χ3n) is 4.34. The lowest BCUT2D eigenvalue weighted by atomic mass is 9.90. The molecule has 0 N–H and O–H groups in total. The molecule has 0 spiro atoms. The van der Waals surface area contributed by atoms with Gasteiger partial charge in [0.05, 0.1) is 6.61 Å². The second-order valence-electron chi connectivity index (χ2n) is 8.63. The van der Waals surface area contributed by atoms with Gasteiger partial charge in [-0.25, -0.2) is 0 Å². The summed E-state index contributed by atoms with van der Waals surface area (Å²) in [5.74, 6) is 0. The number of ether oxygens (including phenoxy) is 1. The predicted octanol–water partition coefficient (Wildman–Crippen LogP) is 3.64. The van der Waals surface area contributed by atoms with Crippen LogP contribution >= 0.6 is 0 Å². The Kier molecular flexibility index (Phi) is 7.66. The highest BCUT2D eigenvalue weighted by molar-refractivity contribution is 4.81. The van der Waals surface area contributed by atoms with Gasteiger partial charge < -0.3 is 4.74 Å². The molecular weight excluding hydrogens is 260 g/mol. The van der Waals surface area contributed by atoms with Gasteiger partial charge in [-0.15, -0.1) is 0 Å². The van der Waals surface area contributed by atoms with Crippen molar-refractivity contribution >= 4 is 0 Å². The van der Waals surface area contributed by atoms with E-state index in [9.17, 15) is 0 Å². The molecule has 0 radical (unpaired) electrons. The summed E-state index contributed by atoms with van der Waals surface area (Å²) in [6.07, 6.45) is 3.79. The summed E-state index contributed by atoms with van der Waals surface area (Å²) in [5, 5.41) is 0. The molecule has 0 aromatic rings. The van der Waals surface area contributed by atoms with E-state index in [-0.39, 0.29) is 0 Å². The third kappa shape index (κ3) is 8.80. The van der Waals surface area contributed by atoms with E-state index in [1.165, 1.54) is 45.4 Å². The fourth-order valence-electron chi connectivity index (χ4n) is 2.80. The molecule has 1 saturated heterocycles. The summed E-state index contributed by atoms with van der Waals surface area (Å²) < 4.78 is 5.79. The minimum Gasteiger partial charge on any atom is -0.380 e. The van der Waals surface area contributed by atoms with E-state index < -0.39 is 0 Å². The molecule has 3 nitrogen and oxygen atoms in total. The summed E-state index contributed by atoms with van der Waals surface area (Å²) in [7, 11) is 0. The molecule has 3 heteroatoms. The van der Waals surface area contributed by atoms with E-state index in [1.54, 1.807) is 0 Å². The summed E-state index contributed by atoms with van der Waals surface area (Å²) >= 11 is 0. The Morgan fingerprint density at radius 1 is 0.810 bits per heavy atom. The number of nitrogens with zero attached hydrogens (tertiary/aromatic N) is 2. The minimum atomic E-state index is 0.315. The molecule has 0 unspecified atom stereocenters. The number of rotatable bonds is 7. The Morgan fingerprint density at radius 2 is 1.43 bits per heavy atom. The quantitative estimate of drug-likeness (QED) is 0.667. The van der Waals surface area contributed by atoms with Gasteiger partial charge in [-0.1, -0.05) is 27.2 Å². The Labute approximate surface area is 133 Å². The largest absolute Gasteiger partial charge is 0.380 e. The maximum atomic E-state index is 5.79. The monoisotopic (exact) mass is 298 g/mol. The van der Waals surface area contributed by atoms with Crippen LogP contribution in [0.5, 0.6) is 0 Å². The minimum absolute atomic E-state index is 0.315. The summed E-state index contributed by atoms with van der Waals surface area (Å²) in [6, 6.07) is 0. The number of hydrogen-bond acceptors (Lipinski definition) is 3. The number of piperazine rings is 1. The topological polar surface area (TPSA) is 15.7 Å². The van der Waals surface area contributed by atoms with Crippen LogP contribution in [-0.4, -0.2) is 61.3 Å². The highest BCUT2D eigenvalue weighted by atomic mass is 16.5. The van der Waals surface area contributed by atoms with Crippen LogP contribution in [0, 0.1) is 5.41 Å². The lowest BCUT2D eigenvalue weighted by Crippen LogP contribution is -2.53. The first-order valence-corrected chi connectivity index (χ1v) is 8.74. The second kappa shape index (κ2) is 8.50. The molecule has 0 aliphatic carbocycles. The van der Waals surface area contributed by atoms with Crippen molar-refractivity contribution in [3.63, 3.8) is 0 Å². The molecule has 1 rings (SSSR count). The second-order valence-corrected chi connectivity index (χ2v) is 8.63. The first kappa shape index (κ1) is 18.9. The molecule has 21 heavy (non-hydrogen) atoms. The Hall–Kier alpha value is -0.120. The van der Waals surface area contributed by atoms with Gasteiger partial charge in [-0.05, 0) is 39.0 Å². The van der Waals surface area contributed by atoms with Crippen molar-refractivity contribution in [1.29, 1.82) is 0 Å². The molecule has 0 aromatic heterocycles. The first-order valence-electron chi connectivity index (χ1n) is 8.74. The van der Waals surface area contributed by atoms with E-state index in [2.05, 4.69) is 51.3 Å². The molecule has 1 aliphatic heterocycles. The molecule has 1 aliphatic rings. The van der Waals surface area contributed by atoms with Gasteiger partial charge in [0.15, 0.2) is 0 Å². The Bertz CT molecular complexity index is 270. The van der Waals surface area contributed by atoms with Crippen LogP contribution in [-0.2, 0) is 4.74 Å². The van der Waals surface area contributed by atoms with Crippen molar-refractivity contribution in [3.8, 4) is 0 Å². The molecule has 0 amide bonds. The lowest BCUT2D eigenvalue weighted by Gasteiger charge is -2.42. The molecule has 0 aromatic carbocycles. The van der Waals surface area contributed by atoms with Crippen LogP contribution in [0.1, 0.15) is 60.8 Å². The zero-order chi connectivity index (χ0) is 15.9. The van der Waals surface area contributed by atoms with Crippen LogP contribution in [0.15, 0.2) is 0 Å². The SMILES string of the molecule is CC(C)(C)CCCCOCCN1CCN(C(C)(C)C)CC1. The van der Waals surface area contributed by atoms with E-state index in [0.29, 0.717) is 11.0 Å². The average molecular weight is 299 g/mol. The van der Waals surface area contributed by atoms with Crippen molar-refractivity contribution in [2.24, 2.45) is 5.41 Å². The predicted molar refractivity (Wildman–Crippen MR) is 91.9 cm³/mol. The third-order valence-corrected chi connectivity index (χ3v) is 4.34. The van der Waals surface area contributed by atoms with Gasteiger partial charge in [0.1, 0.15) is 0 Å². The lowest BCUT2D eigenvalue weighted by molar-refractivity contribution is 0.0408. The van der Waals surface area contributed by atoms with E-state index >= 15 is 0 Å². The fraction of sp³-hybridized carbons (Fsp3) is 1.00. The highest BCUT2D eigenvalue weighted by Crippen LogP contribution is 2.21. The molecular formula is C18H38N2O. The van der Waals surface area contributed by atoms with Crippen LogP contribution in [0.2, 0.25) is 0 Å². The summed E-state index contributed by atoms with van der Waals surface area (Å²) in [4.78, 5) is 5.12. The van der Waals surface area contributed by atoms with Crippen molar-refractivity contribution in [2.75, 3.05) is 45.9 Å². The highest BCUT2D eigenvalue weighted by Gasteiger charge is 2.25. The van der Waals surface area contributed by atoms with Gasteiger partial charge in [-0.3, -0.25) is 9.80 Å². The molecule has 0 bridgehead atoms. The van der Waals surface area contributed by atoms with Crippen molar-refractivity contribution in [3.05, 3.63) is 0 Å². The zero-order valence-corrected chi connectivity index (χ0v) is 15.4. The Morgan fingerprint density at radius 3 is 1.95 bits per heavy atom. The van der Waals surface area contributed by atoms with Gasteiger partial charge in [0.2, 0.25) is 0 Å². The average Bonchev–Trinajstić information content (AvgIpc) is 2.36. The smallest absolute Gasteiger partial charge is 0.0593 e. The fourth-order valence-corrected chi connectivity index (χ4v) is 2.80.